The van der Waals surface area contributed by atoms with Gasteiger partial charge in [0.1, 0.15) is 0 Å². The van der Waals surface area contributed by atoms with E-state index in [4.69, 9.17) is 9.97 Å². The van der Waals surface area contributed by atoms with Crippen LogP contribution in [0.5, 0.6) is 0 Å². The molecule has 0 bridgehead atoms. The SMILES string of the molecule is C1=Cc2c(n(-c3ccc4c(c3)c3cccc(-c5cccc(-c6ccc7c(c6)sc6ccccc67)c5)c3n4-c3nc(-c4ccccc4)c4ccccc4n3)c3ccccc23)C=CC1. The van der Waals surface area contributed by atoms with Crippen LogP contribution in [0, 0.1) is 0 Å². The van der Waals surface area contributed by atoms with E-state index < -0.39 is 0 Å². The molecule has 0 spiro atoms. The van der Waals surface area contributed by atoms with Gasteiger partial charge in [-0.15, -0.1) is 11.3 Å². The van der Waals surface area contributed by atoms with E-state index in [1.54, 1.807) is 0 Å². The minimum Gasteiger partial charge on any atom is -0.309 e. The lowest BCUT2D eigenvalue weighted by Gasteiger charge is -2.14. The van der Waals surface area contributed by atoms with E-state index in [0.29, 0.717) is 5.95 Å². The highest BCUT2D eigenvalue weighted by Gasteiger charge is 2.23. The van der Waals surface area contributed by atoms with E-state index in [2.05, 4.69) is 215 Å². The fraction of sp³-hybridized carbons (Fsp3) is 0.0175. The molecule has 0 atom stereocenters. The summed E-state index contributed by atoms with van der Waals surface area (Å²) in [6.45, 7) is 0. The van der Waals surface area contributed by atoms with Gasteiger partial charge in [-0.3, -0.25) is 4.57 Å². The molecule has 0 saturated heterocycles. The number of hydrogen-bond acceptors (Lipinski definition) is 3. The Morgan fingerprint density at radius 3 is 2.08 bits per heavy atom. The van der Waals surface area contributed by atoms with Crippen molar-refractivity contribution in [1.29, 1.82) is 0 Å². The summed E-state index contributed by atoms with van der Waals surface area (Å²) in [7, 11) is 0. The summed E-state index contributed by atoms with van der Waals surface area (Å²) < 4.78 is 7.33. The molecule has 13 rings (SSSR count). The van der Waals surface area contributed by atoms with Crippen molar-refractivity contribution < 1.29 is 0 Å². The fourth-order valence-corrected chi connectivity index (χ4v) is 10.9. The third-order valence-electron chi connectivity index (χ3n) is 12.5. The second kappa shape index (κ2) is 13.8. The third-order valence-corrected chi connectivity index (χ3v) is 13.7. The molecule has 0 fully saturated rings. The molecule has 4 aromatic heterocycles. The monoisotopic (exact) mass is 808 g/mol. The van der Waals surface area contributed by atoms with Crippen molar-refractivity contribution >= 4 is 87.3 Å². The van der Waals surface area contributed by atoms with Crippen LogP contribution in [0.4, 0.5) is 0 Å². The zero-order valence-electron chi connectivity index (χ0n) is 33.5. The quantitative estimate of drug-likeness (QED) is 0.174. The van der Waals surface area contributed by atoms with Crippen LogP contribution in [-0.4, -0.2) is 19.1 Å². The zero-order chi connectivity index (χ0) is 40.7. The van der Waals surface area contributed by atoms with Gasteiger partial charge in [0.15, 0.2) is 0 Å². The van der Waals surface area contributed by atoms with Gasteiger partial charge in [0.2, 0.25) is 5.95 Å². The van der Waals surface area contributed by atoms with Crippen LogP contribution in [0.25, 0.3) is 121 Å². The Balaban J connectivity index is 1.08. The third kappa shape index (κ3) is 5.38. The average molecular weight is 809 g/mol. The molecule has 4 heterocycles. The molecule has 4 nitrogen and oxygen atoms in total. The van der Waals surface area contributed by atoms with Crippen LogP contribution in [0.2, 0.25) is 0 Å². The number of aromatic nitrogens is 4. The number of benzene rings is 8. The lowest BCUT2D eigenvalue weighted by Crippen LogP contribution is -2.04. The summed E-state index contributed by atoms with van der Waals surface area (Å²) in [6, 6.07) is 65.8. The molecular formula is C57H36N4S. The normalized spacial score (nSPS) is 12.6. The molecular weight excluding hydrogens is 773 g/mol. The largest absolute Gasteiger partial charge is 0.309 e. The molecule has 0 N–H and O–H groups in total. The predicted molar refractivity (Wildman–Crippen MR) is 263 cm³/mol. The average Bonchev–Trinajstić information content (AvgIpc) is 3.90. The predicted octanol–water partition coefficient (Wildman–Crippen LogP) is 15.5. The van der Waals surface area contributed by atoms with Gasteiger partial charge in [0.05, 0.1) is 33.5 Å². The topological polar surface area (TPSA) is 35.6 Å². The van der Waals surface area contributed by atoms with Gasteiger partial charge in [-0.25, -0.2) is 9.97 Å². The van der Waals surface area contributed by atoms with Gasteiger partial charge in [-0.1, -0.05) is 152 Å². The van der Waals surface area contributed by atoms with Crippen molar-refractivity contribution in [2.24, 2.45) is 0 Å². The van der Waals surface area contributed by atoms with Gasteiger partial charge in [-0.2, -0.15) is 0 Å². The smallest absolute Gasteiger partial charge is 0.235 e. The fourth-order valence-electron chi connectivity index (χ4n) is 9.74. The maximum atomic E-state index is 5.47. The van der Waals surface area contributed by atoms with Crippen LogP contribution in [0.3, 0.4) is 0 Å². The Hall–Kier alpha value is -7.86. The highest BCUT2D eigenvalue weighted by atomic mass is 32.1. The highest BCUT2D eigenvalue weighted by molar-refractivity contribution is 7.25. The van der Waals surface area contributed by atoms with Crippen molar-refractivity contribution in [1.82, 2.24) is 19.1 Å². The summed E-state index contributed by atoms with van der Waals surface area (Å²) in [4.78, 5) is 10.8. The van der Waals surface area contributed by atoms with E-state index >= 15 is 0 Å². The molecule has 12 aromatic rings. The first-order valence-corrected chi connectivity index (χ1v) is 22.0. The van der Waals surface area contributed by atoms with Crippen molar-refractivity contribution in [3.63, 3.8) is 0 Å². The second-order valence-electron chi connectivity index (χ2n) is 16.1. The van der Waals surface area contributed by atoms with Crippen LogP contribution in [0.15, 0.2) is 194 Å². The number of nitrogens with zero attached hydrogens (tertiary/aromatic N) is 4. The standard InChI is InChI=1S/C57H36N4S/c1-3-15-36(16-4-1)55-47-22-7-10-25-49(47)58-57(59-55)61-52-32-30-40(60-50-26-6-2-5-19-42(50)43-20-8-11-27-51(43)60)35-48(52)46-24-14-23-41(56(46)61)39-18-13-17-37(33-39)38-29-31-45-44-21-9-12-28-53(44)62-54(45)34-38/h1,3-35H,2H2. The molecule has 0 saturated carbocycles. The summed E-state index contributed by atoms with van der Waals surface area (Å²) in [5.74, 6) is 0.641. The first-order valence-electron chi connectivity index (χ1n) is 21.1. The second-order valence-corrected chi connectivity index (χ2v) is 17.2. The Bertz CT molecular complexity index is 3840. The number of para-hydroxylation sites is 3. The number of hydrogen-bond donors (Lipinski definition) is 0. The number of thiophene rings is 1. The van der Waals surface area contributed by atoms with Crippen LogP contribution in [0.1, 0.15) is 17.7 Å². The van der Waals surface area contributed by atoms with Gasteiger partial charge < -0.3 is 4.57 Å². The Morgan fingerprint density at radius 1 is 0.435 bits per heavy atom. The summed E-state index contributed by atoms with van der Waals surface area (Å²) in [5, 5.41) is 7.18. The van der Waals surface area contributed by atoms with Crippen molar-refractivity contribution in [2.45, 2.75) is 6.42 Å². The van der Waals surface area contributed by atoms with Gasteiger partial charge in [0.25, 0.3) is 0 Å². The molecule has 5 heteroatoms. The lowest BCUT2D eigenvalue weighted by atomic mass is 9.97. The van der Waals surface area contributed by atoms with Crippen LogP contribution < -0.4 is 0 Å². The number of rotatable bonds is 5. The minimum absolute atomic E-state index is 0.641. The van der Waals surface area contributed by atoms with E-state index in [-0.39, 0.29) is 0 Å². The van der Waals surface area contributed by atoms with Gasteiger partial charge in [0, 0.05) is 64.1 Å². The van der Waals surface area contributed by atoms with E-state index in [1.165, 1.54) is 53.5 Å². The Kier molecular flexibility index (Phi) is 7.81. The summed E-state index contributed by atoms with van der Waals surface area (Å²) in [6.07, 6.45) is 9.98. The molecule has 0 radical (unpaired) electrons. The molecule has 290 valence electrons. The Labute approximate surface area is 361 Å². The minimum atomic E-state index is 0.641. The molecule has 62 heavy (non-hydrogen) atoms. The van der Waals surface area contributed by atoms with Crippen LogP contribution in [-0.2, 0) is 0 Å². The first-order chi connectivity index (χ1) is 30.7. The highest BCUT2D eigenvalue weighted by Crippen LogP contribution is 2.42. The summed E-state index contributed by atoms with van der Waals surface area (Å²) in [5.41, 5.74) is 14.4. The maximum Gasteiger partial charge on any atom is 0.235 e. The molecule has 1 aliphatic rings. The Morgan fingerprint density at radius 2 is 1.15 bits per heavy atom. The maximum absolute atomic E-state index is 5.47. The van der Waals surface area contributed by atoms with Gasteiger partial charge >= 0.3 is 0 Å². The number of allylic oxidation sites excluding steroid dienone is 2. The molecule has 8 aromatic carbocycles. The molecule has 0 unspecified atom stereocenters. The molecule has 0 amide bonds. The van der Waals surface area contributed by atoms with Crippen LogP contribution >= 0.6 is 11.3 Å². The lowest BCUT2D eigenvalue weighted by molar-refractivity contribution is 1.01. The molecule has 1 aliphatic carbocycles. The van der Waals surface area contributed by atoms with E-state index in [0.717, 1.165) is 67.2 Å². The summed E-state index contributed by atoms with van der Waals surface area (Å²) >= 11 is 1.86. The first kappa shape index (κ1) is 34.9. The van der Waals surface area contributed by atoms with E-state index in [1.807, 2.05) is 11.3 Å². The van der Waals surface area contributed by atoms with Gasteiger partial charge in [-0.05, 0) is 77.7 Å². The van der Waals surface area contributed by atoms with Crippen molar-refractivity contribution in [3.05, 3.63) is 205 Å². The van der Waals surface area contributed by atoms with E-state index in [9.17, 15) is 0 Å². The zero-order valence-corrected chi connectivity index (χ0v) is 34.4. The molecule has 0 aliphatic heterocycles. The van der Waals surface area contributed by atoms with Crippen molar-refractivity contribution in [3.8, 4) is 45.1 Å². The number of fused-ring (bicyclic) bond motifs is 10. The van der Waals surface area contributed by atoms with Crippen molar-refractivity contribution in [2.75, 3.05) is 0 Å².